The SMILES string of the molecule is CCCCOc1ccc(NC(=O)CSc2ccc(NC(=O)/C(=C/c3ccc(OCC)cc3)NC(=O)c3ccccc3)cc2)cc1. The van der Waals surface area contributed by atoms with Crippen molar-refractivity contribution < 1.29 is 23.9 Å². The summed E-state index contributed by atoms with van der Waals surface area (Å²) in [4.78, 5) is 39.6. The smallest absolute Gasteiger partial charge is 0.272 e. The largest absolute Gasteiger partial charge is 0.494 e. The van der Waals surface area contributed by atoms with E-state index in [-0.39, 0.29) is 17.4 Å². The quantitative estimate of drug-likeness (QED) is 0.0724. The lowest BCUT2D eigenvalue weighted by molar-refractivity contribution is -0.114. The van der Waals surface area contributed by atoms with Crippen LogP contribution in [0.25, 0.3) is 6.08 Å². The molecule has 0 aliphatic heterocycles. The van der Waals surface area contributed by atoms with E-state index in [1.54, 1.807) is 54.6 Å². The van der Waals surface area contributed by atoms with E-state index in [4.69, 9.17) is 9.47 Å². The zero-order valence-corrected chi connectivity index (χ0v) is 26.2. The number of unbranched alkanes of at least 4 members (excludes halogenated alkanes) is 1. The van der Waals surface area contributed by atoms with Crippen LogP contribution in [0.1, 0.15) is 42.6 Å². The molecule has 0 atom stereocenters. The fraction of sp³-hybridized carbons (Fsp3) is 0.194. The number of hydrogen-bond acceptors (Lipinski definition) is 6. The third kappa shape index (κ3) is 10.9. The molecule has 0 fully saturated rings. The molecule has 4 aromatic carbocycles. The molecule has 0 aliphatic rings. The lowest BCUT2D eigenvalue weighted by atomic mass is 10.1. The Hall–Kier alpha value is -5.02. The molecule has 0 bridgehead atoms. The van der Waals surface area contributed by atoms with Gasteiger partial charge in [0, 0.05) is 21.8 Å². The maximum absolute atomic E-state index is 13.3. The molecule has 3 amide bonds. The number of thioether (sulfide) groups is 1. The molecular weight excluding hydrogens is 586 g/mol. The van der Waals surface area contributed by atoms with Crippen molar-refractivity contribution in [1.29, 1.82) is 0 Å². The summed E-state index contributed by atoms with van der Waals surface area (Å²) in [6.07, 6.45) is 3.68. The van der Waals surface area contributed by atoms with Gasteiger partial charge in [0.15, 0.2) is 0 Å². The fourth-order valence-electron chi connectivity index (χ4n) is 4.08. The molecule has 0 radical (unpaired) electrons. The van der Waals surface area contributed by atoms with E-state index >= 15 is 0 Å². The van der Waals surface area contributed by atoms with Crippen molar-refractivity contribution in [2.24, 2.45) is 0 Å². The van der Waals surface area contributed by atoms with Crippen LogP contribution < -0.4 is 25.4 Å². The Bertz CT molecular complexity index is 1570. The maximum Gasteiger partial charge on any atom is 0.272 e. The van der Waals surface area contributed by atoms with E-state index in [0.717, 1.165) is 29.1 Å². The number of carbonyl (C=O) groups excluding carboxylic acids is 3. The van der Waals surface area contributed by atoms with Gasteiger partial charge in [-0.1, -0.05) is 43.7 Å². The van der Waals surface area contributed by atoms with Gasteiger partial charge in [0.1, 0.15) is 17.2 Å². The molecule has 0 spiro atoms. The highest BCUT2D eigenvalue weighted by Crippen LogP contribution is 2.22. The number of ether oxygens (including phenoxy) is 2. The number of benzene rings is 4. The summed E-state index contributed by atoms with van der Waals surface area (Å²) in [6, 6.07) is 30.4. The first-order valence-electron chi connectivity index (χ1n) is 14.8. The standard InChI is InChI=1S/C36H37N3O5S/c1-3-5-23-44-31-19-13-28(14-20-31)37-34(40)25-45-32-21-15-29(16-22-32)38-36(42)33(39-35(41)27-9-7-6-8-10-27)24-26-11-17-30(18-12-26)43-4-2/h6-22,24H,3-5,23,25H2,1-2H3,(H,37,40)(H,38,42)(H,39,41)/b33-24-. The second-order valence-electron chi connectivity index (χ2n) is 9.92. The minimum atomic E-state index is -0.477. The Morgan fingerprint density at radius 2 is 1.36 bits per heavy atom. The molecule has 232 valence electrons. The third-order valence-electron chi connectivity index (χ3n) is 6.42. The lowest BCUT2D eigenvalue weighted by Crippen LogP contribution is -2.30. The molecule has 4 rings (SSSR count). The fourth-order valence-corrected chi connectivity index (χ4v) is 4.78. The molecule has 0 saturated carbocycles. The summed E-state index contributed by atoms with van der Waals surface area (Å²) in [6.45, 7) is 5.24. The van der Waals surface area contributed by atoms with Gasteiger partial charge in [0.25, 0.3) is 11.8 Å². The Kier molecular flexibility index (Phi) is 12.7. The first kappa shape index (κ1) is 32.9. The number of anilines is 2. The summed E-state index contributed by atoms with van der Waals surface area (Å²) in [7, 11) is 0. The Morgan fingerprint density at radius 1 is 0.733 bits per heavy atom. The molecule has 0 unspecified atom stereocenters. The van der Waals surface area contributed by atoms with Crippen LogP contribution in [0.2, 0.25) is 0 Å². The topological polar surface area (TPSA) is 106 Å². The Balaban J connectivity index is 1.35. The van der Waals surface area contributed by atoms with Crippen LogP contribution in [-0.2, 0) is 9.59 Å². The Labute approximate surface area is 268 Å². The van der Waals surface area contributed by atoms with Gasteiger partial charge in [-0.3, -0.25) is 14.4 Å². The van der Waals surface area contributed by atoms with Crippen molar-refractivity contribution in [1.82, 2.24) is 5.32 Å². The van der Waals surface area contributed by atoms with Gasteiger partial charge >= 0.3 is 0 Å². The number of amides is 3. The zero-order chi connectivity index (χ0) is 31.9. The van der Waals surface area contributed by atoms with Crippen molar-refractivity contribution in [3.8, 4) is 11.5 Å². The average molecular weight is 624 g/mol. The first-order valence-corrected chi connectivity index (χ1v) is 15.8. The molecule has 0 saturated heterocycles. The van der Waals surface area contributed by atoms with Gasteiger partial charge < -0.3 is 25.4 Å². The number of hydrogen-bond donors (Lipinski definition) is 3. The van der Waals surface area contributed by atoms with E-state index in [1.807, 2.05) is 61.5 Å². The summed E-state index contributed by atoms with van der Waals surface area (Å²) in [5, 5.41) is 8.49. The highest BCUT2D eigenvalue weighted by Gasteiger charge is 2.15. The van der Waals surface area contributed by atoms with Gasteiger partial charge in [0.05, 0.1) is 19.0 Å². The second-order valence-corrected chi connectivity index (χ2v) is 11.0. The summed E-state index contributed by atoms with van der Waals surface area (Å²) in [5.74, 6) is 0.710. The van der Waals surface area contributed by atoms with Gasteiger partial charge in [-0.25, -0.2) is 0 Å². The van der Waals surface area contributed by atoms with Crippen LogP contribution >= 0.6 is 11.8 Å². The molecule has 9 heteroatoms. The van der Waals surface area contributed by atoms with Crippen LogP contribution in [0.5, 0.6) is 11.5 Å². The average Bonchev–Trinajstić information content (AvgIpc) is 3.06. The number of nitrogens with one attached hydrogen (secondary N) is 3. The third-order valence-corrected chi connectivity index (χ3v) is 7.43. The van der Waals surface area contributed by atoms with E-state index in [2.05, 4.69) is 22.9 Å². The lowest BCUT2D eigenvalue weighted by Gasteiger charge is -2.12. The van der Waals surface area contributed by atoms with E-state index < -0.39 is 11.8 Å². The zero-order valence-electron chi connectivity index (χ0n) is 25.4. The Morgan fingerprint density at radius 3 is 2.02 bits per heavy atom. The molecule has 3 N–H and O–H groups in total. The van der Waals surface area contributed by atoms with Crippen LogP contribution in [-0.4, -0.2) is 36.7 Å². The minimum Gasteiger partial charge on any atom is -0.494 e. The van der Waals surface area contributed by atoms with Gasteiger partial charge in [-0.15, -0.1) is 11.8 Å². The van der Waals surface area contributed by atoms with Crippen molar-refractivity contribution in [2.45, 2.75) is 31.6 Å². The molecule has 0 heterocycles. The predicted octanol–water partition coefficient (Wildman–Crippen LogP) is 7.40. The van der Waals surface area contributed by atoms with Crippen molar-refractivity contribution >= 4 is 46.9 Å². The summed E-state index contributed by atoms with van der Waals surface area (Å²) in [5.41, 5.74) is 2.49. The summed E-state index contributed by atoms with van der Waals surface area (Å²) >= 11 is 1.38. The van der Waals surface area contributed by atoms with E-state index in [9.17, 15) is 14.4 Å². The van der Waals surface area contributed by atoms with Crippen LogP contribution in [0, 0.1) is 0 Å². The van der Waals surface area contributed by atoms with Crippen LogP contribution in [0.3, 0.4) is 0 Å². The van der Waals surface area contributed by atoms with Crippen molar-refractivity contribution in [3.63, 3.8) is 0 Å². The molecular formula is C36H37N3O5S. The van der Waals surface area contributed by atoms with Gasteiger partial charge in [-0.2, -0.15) is 0 Å². The monoisotopic (exact) mass is 623 g/mol. The van der Waals surface area contributed by atoms with Gasteiger partial charge in [-0.05, 0) is 97.8 Å². The number of rotatable bonds is 15. The van der Waals surface area contributed by atoms with Crippen molar-refractivity contribution in [2.75, 3.05) is 29.6 Å². The second kappa shape index (κ2) is 17.3. The predicted molar refractivity (Wildman–Crippen MR) is 181 cm³/mol. The molecule has 0 aliphatic carbocycles. The molecule has 45 heavy (non-hydrogen) atoms. The molecule has 8 nitrogen and oxygen atoms in total. The van der Waals surface area contributed by atoms with E-state index in [0.29, 0.717) is 35.9 Å². The molecule has 4 aromatic rings. The summed E-state index contributed by atoms with van der Waals surface area (Å²) < 4.78 is 11.2. The van der Waals surface area contributed by atoms with Crippen molar-refractivity contribution in [3.05, 3.63) is 120 Å². The number of carbonyl (C=O) groups is 3. The highest BCUT2D eigenvalue weighted by atomic mass is 32.2. The van der Waals surface area contributed by atoms with E-state index in [1.165, 1.54) is 11.8 Å². The maximum atomic E-state index is 13.3. The highest BCUT2D eigenvalue weighted by molar-refractivity contribution is 8.00. The van der Waals surface area contributed by atoms with Crippen LogP contribution in [0.4, 0.5) is 11.4 Å². The molecule has 0 aromatic heterocycles. The first-order chi connectivity index (χ1) is 21.9. The van der Waals surface area contributed by atoms with Gasteiger partial charge in [0.2, 0.25) is 5.91 Å². The minimum absolute atomic E-state index is 0.0868. The normalized spacial score (nSPS) is 10.9. The van der Waals surface area contributed by atoms with Crippen LogP contribution in [0.15, 0.2) is 114 Å².